The van der Waals surface area contributed by atoms with Crippen LogP contribution in [-0.2, 0) is 15.0 Å². The molecule has 1 fully saturated rings. The first-order valence-electron chi connectivity index (χ1n) is 7.16. The number of hydrogen-bond donors (Lipinski definition) is 2. The van der Waals surface area contributed by atoms with Crippen molar-refractivity contribution in [3.8, 4) is 0 Å². The molecule has 2 rings (SSSR count). The summed E-state index contributed by atoms with van der Waals surface area (Å²) in [5, 5.41) is 12.1. The lowest BCUT2D eigenvalue weighted by molar-refractivity contribution is -0.147. The molecule has 0 saturated heterocycles. The molecule has 2 N–H and O–H groups in total. The average Bonchev–Trinajstić information content (AvgIpc) is 3.21. The Balaban J connectivity index is 2.19. The molecule has 0 aliphatic heterocycles. The van der Waals surface area contributed by atoms with E-state index in [1.807, 2.05) is 31.2 Å². The van der Waals surface area contributed by atoms with E-state index in [1.165, 1.54) is 0 Å². The van der Waals surface area contributed by atoms with E-state index < -0.39 is 16.9 Å². The third-order valence-electron chi connectivity index (χ3n) is 4.19. The highest BCUT2D eigenvalue weighted by molar-refractivity contribution is 9.10. The summed E-state index contributed by atoms with van der Waals surface area (Å²) in [4.78, 5) is 24.1. The highest BCUT2D eigenvalue weighted by atomic mass is 79.9. The summed E-state index contributed by atoms with van der Waals surface area (Å²) in [7, 11) is 0. The number of hydrogen-bond acceptors (Lipinski definition) is 2. The maximum Gasteiger partial charge on any atom is 0.329 e. The third kappa shape index (κ3) is 3.12. The zero-order valence-electron chi connectivity index (χ0n) is 12.3. The lowest BCUT2D eigenvalue weighted by atomic mass is 9.91. The first-order chi connectivity index (χ1) is 9.84. The molecule has 0 radical (unpaired) electrons. The van der Waals surface area contributed by atoms with Gasteiger partial charge in [-0.3, -0.25) is 4.79 Å². The van der Waals surface area contributed by atoms with Crippen LogP contribution in [-0.4, -0.2) is 22.5 Å². The predicted octanol–water partition coefficient (Wildman–Crippen LogP) is 3.24. The standard InChI is InChI=1S/C16H20BrNO3/c1-3-8-15(2,14(20)21)18-13(19)16(9-10-16)11-4-6-12(17)7-5-11/h4-7H,3,8-10H2,1-2H3,(H,18,19)(H,20,21). The number of carbonyl (C=O) groups is 2. The smallest absolute Gasteiger partial charge is 0.329 e. The van der Waals surface area contributed by atoms with Crippen molar-refractivity contribution in [2.45, 2.75) is 50.5 Å². The normalized spacial score (nSPS) is 18.6. The van der Waals surface area contributed by atoms with Crippen molar-refractivity contribution >= 4 is 27.8 Å². The summed E-state index contributed by atoms with van der Waals surface area (Å²) in [6, 6.07) is 7.67. The van der Waals surface area contributed by atoms with Crippen LogP contribution in [0.25, 0.3) is 0 Å². The molecule has 1 saturated carbocycles. The molecule has 0 spiro atoms. The van der Waals surface area contributed by atoms with Crippen LogP contribution in [0.2, 0.25) is 0 Å². The Bertz CT molecular complexity index is 551. The van der Waals surface area contributed by atoms with Crippen LogP contribution in [0.5, 0.6) is 0 Å². The molecule has 1 aliphatic carbocycles. The second-order valence-corrected chi connectivity index (χ2v) is 6.85. The van der Waals surface area contributed by atoms with Gasteiger partial charge < -0.3 is 10.4 Å². The lowest BCUT2D eigenvalue weighted by Gasteiger charge is -2.28. The largest absolute Gasteiger partial charge is 0.480 e. The van der Waals surface area contributed by atoms with E-state index in [0.717, 1.165) is 22.9 Å². The van der Waals surface area contributed by atoms with E-state index in [-0.39, 0.29) is 5.91 Å². The number of carbonyl (C=O) groups excluding carboxylic acids is 1. The number of rotatable bonds is 6. The van der Waals surface area contributed by atoms with E-state index >= 15 is 0 Å². The first kappa shape index (κ1) is 16.0. The Labute approximate surface area is 133 Å². The molecule has 1 amide bonds. The second kappa shape index (κ2) is 5.79. The van der Waals surface area contributed by atoms with Gasteiger partial charge in [-0.25, -0.2) is 4.79 Å². The van der Waals surface area contributed by atoms with Gasteiger partial charge in [-0.15, -0.1) is 0 Å². The summed E-state index contributed by atoms with van der Waals surface area (Å²) in [5.74, 6) is -1.16. The van der Waals surface area contributed by atoms with E-state index in [0.29, 0.717) is 12.8 Å². The lowest BCUT2D eigenvalue weighted by Crippen LogP contribution is -2.54. The highest BCUT2D eigenvalue weighted by Crippen LogP contribution is 2.49. The van der Waals surface area contributed by atoms with Crippen molar-refractivity contribution in [3.05, 3.63) is 34.3 Å². The molecule has 114 valence electrons. The minimum Gasteiger partial charge on any atom is -0.480 e. The fraction of sp³-hybridized carbons (Fsp3) is 0.500. The van der Waals surface area contributed by atoms with Crippen LogP contribution in [0.4, 0.5) is 0 Å². The summed E-state index contributed by atoms with van der Waals surface area (Å²) in [6.45, 7) is 3.49. The minimum absolute atomic E-state index is 0.178. The number of amides is 1. The van der Waals surface area contributed by atoms with Crippen LogP contribution in [0, 0.1) is 0 Å². The molecule has 1 aliphatic rings. The number of halogens is 1. The van der Waals surface area contributed by atoms with Gasteiger partial charge >= 0.3 is 5.97 Å². The van der Waals surface area contributed by atoms with Gasteiger partial charge in [0.2, 0.25) is 5.91 Å². The number of carboxylic acid groups (broad SMARTS) is 1. The van der Waals surface area contributed by atoms with Crippen molar-refractivity contribution < 1.29 is 14.7 Å². The first-order valence-corrected chi connectivity index (χ1v) is 7.95. The van der Waals surface area contributed by atoms with Crippen molar-refractivity contribution in [2.75, 3.05) is 0 Å². The van der Waals surface area contributed by atoms with Crippen molar-refractivity contribution in [1.82, 2.24) is 5.32 Å². The Morgan fingerprint density at radius 3 is 2.33 bits per heavy atom. The van der Waals surface area contributed by atoms with Gasteiger partial charge in [0, 0.05) is 4.47 Å². The third-order valence-corrected chi connectivity index (χ3v) is 4.72. The van der Waals surface area contributed by atoms with Crippen LogP contribution in [0.3, 0.4) is 0 Å². The fourth-order valence-corrected chi connectivity index (χ4v) is 2.90. The van der Waals surface area contributed by atoms with Gasteiger partial charge in [0.25, 0.3) is 0 Å². The van der Waals surface area contributed by atoms with Crippen LogP contribution >= 0.6 is 15.9 Å². The van der Waals surface area contributed by atoms with Crippen LogP contribution < -0.4 is 5.32 Å². The van der Waals surface area contributed by atoms with Gasteiger partial charge in [-0.2, -0.15) is 0 Å². The van der Waals surface area contributed by atoms with Crippen molar-refractivity contribution in [3.63, 3.8) is 0 Å². The second-order valence-electron chi connectivity index (χ2n) is 5.93. The quantitative estimate of drug-likeness (QED) is 0.824. The van der Waals surface area contributed by atoms with Gasteiger partial charge in [0.1, 0.15) is 5.54 Å². The summed E-state index contributed by atoms with van der Waals surface area (Å²) in [5.41, 5.74) is -0.797. The van der Waals surface area contributed by atoms with Gasteiger partial charge in [-0.1, -0.05) is 41.4 Å². The highest BCUT2D eigenvalue weighted by Gasteiger charge is 2.53. The van der Waals surface area contributed by atoms with Crippen molar-refractivity contribution in [2.24, 2.45) is 0 Å². The molecule has 5 heteroatoms. The van der Waals surface area contributed by atoms with Gasteiger partial charge in [0.15, 0.2) is 0 Å². The van der Waals surface area contributed by atoms with Crippen LogP contribution in [0.15, 0.2) is 28.7 Å². The number of benzene rings is 1. The maximum atomic E-state index is 12.6. The predicted molar refractivity (Wildman–Crippen MR) is 84.1 cm³/mol. The molecule has 0 bridgehead atoms. The monoisotopic (exact) mass is 353 g/mol. The molecular weight excluding hydrogens is 334 g/mol. The molecule has 1 aromatic rings. The molecule has 0 heterocycles. The SMILES string of the molecule is CCCC(C)(NC(=O)C1(c2ccc(Br)cc2)CC1)C(=O)O. The van der Waals surface area contributed by atoms with Gasteiger partial charge in [0.05, 0.1) is 5.41 Å². The topological polar surface area (TPSA) is 66.4 Å². The Morgan fingerprint density at radius 1 is 1.33 bits per heavy atom. The number of aliphatic carboxylic acids is 1. The van der Waals surface area contributed by atoms with E-state index in [4.69, 9.17) is 0 Å². The molecular formula is C16H20BrNO3. The van der Waals surface area contributed by atoms with Crippen LogP contribution in [0.1, 0.15) is 45.1 Å². The average molecular weight is 354 g/mol. The Kier molecular flexibility index (Phi) is 4.42. The maximum absolute atomic E-state index is 12.6. The van der Waals surface area contributed by atoms with E-state index in [1.54, 1.807) is 6.92 Å². The molecule has 1 aromatic carbocycles. The Hall–Kier alpha value is -1.36. The molecule has 21 heavy (non-hydrogen) atoms. The van der Waals surface area contributed by atoms with E-state index in [2.05, 4.69) is 21.2 Å². The molecule has 4 nitrogen and oxygen atoms in total. The Morgan fingerprint density at radius 2 is 1.90 bits per heavy atom. The fourth-order valence-electron chi connectivity index (χ4n) is 2.63. The summed E-state index contributed by atoms with van der Waals surface area (Å²) in [6.07, 6.45) is 2.66. The zero-order valence-corrected chi connectivity index (χ0v) is 13.9. The van der Waals surface area contributed by atoms with Gasteiger partial charge in [-0.05, 0) is 43.9 Å². The number of nitrogens with one attached hydrogen (secondary N) is 1. The summed E-state index contributed by atoms with van der Waals surface area (Å²) < 4.78 is 0.962. The number of carboxylic acids is 1. The minimum atomic E-state index is -1.20. The molecule has 1 unspecified atom stereocenters. The van der Waals surface area contributed by atoms with E-state index in [9.17, 15) is 14.7 Å². The zero-order chi connectivity index (χ0) is 15.7. The molecule has 1 atom stereocenters. The molecule has 0 aromatic heterocycles. The summed E-state index contributed by atoms with van der Waals surface area (Å²) >= 11 is 3.38. The van der Waals surface area contributed by atoms with Crippen molar-refractivity contribution in [1.29, 1.82) is 0 Å².